The Kier molecular flexibility index (Phi) is 14.4. The lowest BCUT2D eigenvalue weighted by Crippen LogP contribution is -2.31. The van der Waals surface area contributed by atoms with E-state index >= 15 is 0 Å². The molecule has 0 aromatic rings. The highest BCUT2D eigenvalue weighted by molar-refractivity contribution is 5.69. The fourth-order valence-corrected chi connectivity index (χ4v) is 1.74. The van der Waals surface area contributed by atoms with Crippen LogP contribution in [-0.4, -0.2) is 68.5 Å². The van der Waals surface area contributed by atoms with E-state index in [0.29, 0.717) is 19.6 Å². The van der Waals surface area contributed by atoms with Crippen LogP contribution in [-0.2, 0) is 28.5 Å². The van der Waals surface area contributed by atoms with Gasteiger partial charge in [0.1, 0.15) is 18.3 Å². The van der Waals surface area contributed by atoms with Crippen molar-refractivity contribution in [3.05, 3.63) is 12.3 Å². The van der Waals surface area contributed by atoms with Gasteiger partial charge in [0.05, 0.1) is 45.4 Å². The first-order chi connectivity index (χ1) is 11.9. The molecule has 0 spiro atoms. The standard InChI is InChI=1S/C18H34O7/c1-6-8-23-15(4)10-21-12-17(24-9-14(3)19)13-22-11-16(5)25-18(20)7-2/h6,8,14-17,19H,7,9-13H2,1-5H3. The number of aliphatic hydroxyl groups excluding tert-OH is 1. The molecule has 0 saturated heterocycles. The maximum atomic E-state index is 11.2. The predicted molar refractivity (Wildman–Crippen MR) is 94.3 cm³/mol. The highest BCUT2D eigenvalue weighted by atomic mass is 16.6. The Morgan fingerprint density at radius 1 is 1.00 bits per heavy atom. The Bertz CT molecular complexity index is 357. The van der Waals surface area contributed by atoms with Crippen molar-refractivity contribution in [3.63, 3.8) is 0 Å². The van der Waals surface area contributed by atoms with E-state index in [0.717, 1.165) is 0 Å². The van der Waals surface area contributed by atoms with Crippen molar-refractivity contribution < 1.29 is 33.6 Å². The van der Waals surface area contributed by atoms with Crippen LogP contribution < -0.4 is 0 Å². The molecule has 0 rings (SSSR count). The zero-order valence-corrected chi connectivity index (χ0v) is 16.1. The van der Waals surface area contributed by atoms with Crippen LogP contribution in [0.4, 0.5) is 0 Å². The second kappa shape index (κ2) is 15.1. The predicted octanol–water partition coefficient (Wildman–Crippen LogP) is 2.07. The number of hydrogen-bond acceptors (Lipinski definition) is 7. The number of carbonyl (C=O) groups excluding carboxylic acids is 1. The quantitative estimate of drug-likeness (QED) is 0.353. The second-order valence-electron chi connectivity index (χ2n) is 5.95. The average Bonchev–Trinajstić information content (AvgIpc) is 2.56. The molecule has 4 unspecified atom stereocenters. The van der Waals surface area contributed by atoms with Crippen LogP contribution in [0.3, 0.4) is 0 Å². The van der Waals surface area contributed by atoms with Crippen molar-refractivity contribution in [2.45, 2.75) is 65.5 Å². The van der Waals surface area contributed by atoms with Gasteiger partial charge in [-0.05, 0) is 27.7 Å². The minimum absolute atomic E-state index is 0.0667. The van der Waals surface area contributed by atoms with Gasteiger partial charge in [-0.15, -0.1) is 0 Å². The molecule has 7 nitrogen and oxygen atoms in total. The molecule has 0 fully saturated rings. The summed E-state index contributed by atoms with van der Waals surface area (Å²) in [6, 6.07) is 0. The Hall–Kier alpha value is -1.15. The van der Waals surface area contributed by atoms with E-state index in [1.165, 1.54) is 0 Å². The van der Waals surface area contributed by atoms with Crippen LogP contribution in [0, 0.1) is 0 Å². The highest BCUT2D eigenvalue weighted by Crippen LogP contribution is 2.02. The number of rotatable bonds is 15. The summed E-state index contributed by atoms with van der Waals surface area (Å²) in [7, 11) is 0. The number of hydrogen-bond donors (Lipinski definition) is 1. The minimum atomic E-state index is -0.566. The van der Waals surface area contributed by atoms with Crippen molar-refractivity contribution in [1.29, 1.82) is 0 Å². The molecule has 0 bridgehead atoms. The molecule has 0 aromatic carbocycles. The summed E-state index contributed by atoms with van der Waals surface area (Å²) < 4.78 is 27.2. The van der Waals surface area contributed by atoms with Gasteiger partial charge in [0, 0.05) is 6.42 Å². The van der Waals surface area contributed by atoms with E-state index in [2.05, 4.69) is 0 Å². The topological polar surface area (TPSA) is 83.5 Å². The summed E-state index contributed by atoms with van der Waals surface area (Å²) >= 11 is 0. The first-order valence-electron chi connectivity index (χ1n) is 8.80. The van der Waals surface area contributed by atoms with Gasteiger partial charge in [-0.2, -0.15) is 0 Å². The zero-order chi connectivity index (χ0) is 19.1. The van der Waals surface area contributed by atoms with Gasteiger partial charge in [-0.1, -0.05) is 13.0 Å². The molecule has 1 N–H and O–H groups in total. The molecule has 25 heavy (non-hydrogen) atoms. The maximum Gasteiger partial charge on any atom is 0.305 e. The molecule has 0 aliphatic heterocycles. The van der Waals surface area contributed by atoms with Gasteiger partial charge in [0.25, 0.3) is 0 Å². The van der Waals surface area contributed by atoms with Gasteiger partial charge in [-0.3, -0.25) is 4.79 Å². The Labute approximate surface area is 151 Å². The molecule has 0 saturated carbocycles. The fourth-order valence-electron chi connectivity index (χ4n) is 1.74. The molecule has 148 valence electrons. The van der Waals surface area contributed by atoms with Crippen molar-refractivity contribution >= 4 is 5.97 Å². The van der Waals surface area contributed by atoms with Gasteiger partial charge in [0.15, 0.2) is 0 Å². The SMILES string of the molecule is CC=COC(C)COCC(COCC(C)OC(=O)CC)OCC(C)O. The largest absolute Gasteiger partial charge is 0.496 e. The van der Waals surface area contributed by atoms with Crippen LogP contribution in [0.1, 0.15) is 41.0 Å². The third-order valence-electron chi connectivity index (χ3n) is 2.95. The number of carbonyl (C=O) groups is 1. The summed E-state index contributed by atoms with van der Waals surface area (Å²) in [5.74, 6) is -0.253. The number of esters is 1. The van der Waals surface area contributed by atoms with E-state index in [4.69, 9.17) is 23.7 Å². The third kappa shape index (κ3) is 14.9. The normalized spacial score (nSPS) is 16.4. The molecular weight excluding hydrogens is 328 g/mol. The molecule has 7 heteroatoms. The van der Waals surface area contributed by atoms with Gasteiger partial charge in [0.2, 0.25) is 0 Å². The van der Waals surface area contributed by atoms with E-state index in [1.54, 1.807) is 27.0 Å². The number of ether oxygens (including phenoxy) is 5. The minimum Gasteiger partial charge on any atom is -0.496 e. The van der Waals surface area contributed by atoms with Crippen LogP contribution in [0.25, 0.3) is 0 Å². The first kappa shape index (κ1) is 23.9. The molecule has 0 aliphatic rings. The average molecular weight is 362 g/mol. The monoisotopic (exact) mass is 362 g/mol. The molecular formula is C18H34O7. The summed E-state index contributed by atoms with van der Waals surface area (Å²) in [6.45, 7) is 10.5. The Morgan fingerprint density at radius 2 is 1.60 bits per heavy atom. The smallest absolute Gasteiger partial charge is 0.305 e. The Balaban J connectivity index is 4.13. The van der Waals surface area contributed by atoms with Crippen LogP contribution in [0.15, 0.2) is 12.3 Å². The summed E-state index contributed by atoms with van der Waals surface area (Å²) in [5, 5.41) is 9.36. The van der Waals surface area contributed by atoms with Crippen molar-refractivity contribution in [3.8, 4) is 0 Å². The number of aliphatic hydroxyl groups is 1. The van der Waals surface area contributed by atoms with Crippen molar-refractivity contribution in [2.75, 3.05) is 33.0 Å². The molecule has 4 atom stereocenters. The van der Waals surface area contributed by atoms with Crippen LogP contribution >= 0.6 is 0 Å². The van der Waals surface area contributed by atoms with E-state index in [-0.39, 0.29) is 44.1 Å². The fraction of sp³-hybridized carbons (Fsp3) is 0.833. The van der Waals surface area contributed by atoms with Crippen molar-refractivity contribution in [2.24, 2.45) is 0 Å². The zero-order valence-electron chi connectivity index (χ0n) is 16.1. The van der Waals surface area contributed by atoms with E-state index in [1.807, 2.05) is 19.9 Å². The molecule has 0 radical (unpaired) electrons. The molecule has 0 heterocycles. The highest BCUT2D eigenvalue weighted by Gasteiger charge is 2.14. The van der Waals surface area contributed by atoms with Gasteiger partial charge < -0.3 is 28.8 Å². The molecule has 0 aromatic heterocycles. The first-order valence-corrected chi connectivity index (χ1v) is 8.80. The lowest BCUT2D eigenvalue weighted by molar-refractivity contribution is -0.152. The van der Waals surface area contributed by atoms with E-state index in [9.17, 15) is 9.90 Å². The second-order valence-corrected chi connectivity index (χ2v) is 5.95. The van der Waals surface area contributed by atoms with Gasteiger partial charge >= 0.3 is 5.97 Å². The molecule has 0 aliphatic carbocycles. The third-order valence-corrected chi connectivity index (χ3v) is 2.95. The Morgan fingerprint density at radius 3 is 2.12 bits per heavy atom. The molecule has 0 amide bonds. The lowest BCUT2D eigenvalue weighted by Gasteiger charge is -2.21. The summed E-state index contributed by atoms with van der Waals surface area (Å²) in [6.07, 6.45) is 2.50. The number of allylic oxidation sites excluding steroid dienone is 1. The van der Waals surface area contributed by atoms with Crippen molar-refractivity contribution in [1.82, 2.24) is 0 Å². The van der Waals surface area contributed by atoms with Gasteiger partial charge in [-0.25, -0.2) is 0 Å². The van der Waals surface area contributed by atoms with Crippen LogP contribution in [0.2, 0.25) is 0 Å². The summed E-state index contributed by atoms with van der Waals surface area (Å²) in [5.41, 5.74) is 0. The van der Waals surface area contributed by atoms with Crippen LogP contribution in [0.5, 0.6) is 0 Å². The summed E-state index contributed by atoms with van der Waals surface area (Å²) in [4.78, 5) is 11.2. The maximum absolute atomic E-state index is 11.2. The van der Waals surface area contributed by atoms with E-state index < -0.39 is 6.10 Å². The lowest BCUT2D eigenvalue weighted by atomic mass is 10.3.